The highest BCUT2D eigenvalue weighted by Gasteiger charge is 2.20. The van der Waals surface area contributed by atoms with Crippen LogP contribution in [0.4, 0.5) is 0 Å². The molecule has 2 aromatic rings. The molecule has 1 atom stereocenters. The van der Waals surface area contributed by atoms with Gasteiger partial charge >= 0.3 is 0 Å². The number of carbonyl (C=O) groups excluding carboxylic acids is 1. The molecule has 0 spiro atoms. The first kappa shape index (κ1) is 20.9. The Balaban J connectivity index is 1.85. The molecule has 0 bridgehead atoms. The molecule has 0 saturated carbocycles. The third kappa shape index (κ3) is 5.55. The lowest BCUT2D eigenvalue weighted by molar-refractivity contribution is -0.121. The average molecular weight is 391 g/mol. The first-order valence-electron chi connectivity index (χ1n) is 8.80. The molecule has 146 valence electrons. The lowest BCUT2D eigenvalue weighted by Gasteiger charge is -2.19. The Bertz CT molecular complexity index is 853. The zero-order valence-corrected chi connectivity index (χ0v) is 16.7. The molecule has 2 aromatic carbocycles. The van der Waals surface area contributed by atoms with Gasteiger partial charge in [-0.3, -0.25) is 4.79 Å². The first-order valence-corrected chi connectivity index (χ1v) is 10.2. The molecule has 1 N–H and O–H groups in total. The van der Waals surface area contributed by atoms with E-state index in [9.17, 15) is 13.2 Å². The second kappa shape index (κ2) is 9.53. The summed E-state index contributed by atoms with van der Waals surface area (Å²) in [6.45, 7) is 2.16. The van der Waals surface area contributed by atoms with Crippen molar-refractivity contribution in [1.82, 2.24) is 9.62 Å². The minimum Gasteiger partial charge on any atom is -0.496 e. The van der Waals surface area contributed by atoms with Crippen molar-refractivity contribution in [3.05, 3.63) is 60.2 Å². The average Bonchev–Trinajstić information content (AvgIpc) is 2.68. The van der Waals surface area contributed by atoms with Crippen LogP contribution in [-0.2, 0) is 14.8 Å². The van der Waals surface area contributed by atoms with Crippen molar-refractivity contribution in [2.24, 2.45) is 0 Å². The molecule has 0 fully saturated rings. The Morgan fingerprint density at radius 3 is 2.41 bits per heavy atom. The molecule has 0 heterocycles. The number of sulfonamides is 1. The van der Waals surface area contributed by atoms with Crippen molar-refractivity contribution in [3.63, 3.8) is 0 Å². The molecular formula is C20H26N2O4S. The number of carbonyl (C=O) groups is 1. The molecule has 0 saturated heterocycles. The van der Waals surface area contributed by atoms with Crippen molar-refractivity contribution in [2.45, 2.75) is 30.7 Å². The molecule has 2 rings (SSSR count). The summed E-state index contributed by atoms with van der Waals surface area (Å²) in [5.41, 5.74) is 0.900. The van der Waals surface area contributed by atoms with Gasteiger partial charge in [-0.05, 0) is 31.5 Å². The standard InChI is InChI=1S/C20H26N2O4S/c1-16(18-12-7-8-13-19(18)26-3)21-20(23)14-9-15-22(2)27(24,25)17-10-5-4-6-11-17/h4-8,10-13,16H,9,14-15H2,1-3H3,(H,21,23). The maximum atomic E-state index is 12.5. The summed E-state index contributed by atoms with van der Waals surface area (Å²) < 4.78 is 31.5. The fraction of sp³-hybridized carbons (Fsp3) is 0.350. The highest BCUT2D eigenvalue weighted by atomic mass is 32.2. The van der Waals surface area contributed by atoms with E-state index in [0.29, 0.717) is 6.42 Å². The summed E-state index contributed by atoms with van der Waals surface area (Å²) in [5.74, 6) is 0.595. The minimum atomic E-state index is -3.53. The fourth-order valence-electron chi connectivity index (χ4n) is 2.77. The van der Waals surface area contributed by atoms with Crippen molar-refractivity contribution in [1.29, 1.82) is 0 Å². The van der Waals surface area contributed by atoms with Crippen LogP contribution in [0.25, 0.3) is 0 Å². The van der Waals surface area contributed by atoms with Gasteiger partial charge in [0.2, 0.25) is 15.9 Å². The van der Waals surface area contributed by atoms with E-state index in [1.54, 1.807) is 37.4 Å². The molecule has 27 heavy (non-hydrogen) atoms. The van der Waals surface area contributed by atoms with Gasteiger partial charge in [0.25, 0.3) is 0 Å². The molecule has 7 heteroatoms. The Labute approximate surface area is 161 Å². The lowest BCUT2D eigenvalue weighted by atomic mass is 10.1. The number of nitrogens with one attached hydrogen (secondary N) is 1. The summed E-state index contributed by atoms with van der Waals surface area (Å²) in [7, 11) is -0.408. The van der Waals surface area contributed by atoms with E-state index in [1.165, 1.54) is 11.4 Å². The Morgan fingerprint density at radius 1 is 1.11 bits per heavy atom. The van der Waals surface area contributed by atoms with Crippen LogP contribution in [0.2, 0.25) is 0 Å². The molecule has 0 aliphatic rings. The van der Waals surface area contributed by atoms with Gasteiger partial charge in [-0.25, -0.2) is 12.7 Å². The summed E-state index contributed by atoms with van der Waals surface area (Å²) in [5, 5.41) is 2.93. The number of amides is 1. The van der Waals surface area contributed by atoms with Crippen LogP contribution in [0.15, 0.2) is 59.5 Å². The van der Waals surface area contributed by atoms with Crippen LogP contribution in [0.5, 0.6) is 5.75 Å². The van der Waals surface area contributed by atoms with Crippen LogP contribution in [0.1, 0.15) is 31.4 Å². The number of benzene rings is 2. The van der Waals surface area contributed by atoms with Gasteiger partial charge in [0, 0.05) is 25.6 Å². The molecule has 0 aliphatic carbocycles. The number of ether oxygens (including phenoxy) is 1. The van der Waals surface area contributed by atoms with Gasteiger partial charge in [-0.15, -0.1) is 0 Å². The summed E-state index contributed by atoms with van der Waals surface area (Å²) in [4.78, 5) is 12.5. The van der Waals surface area contributed by atoms with Gasteiger partial charge < -0.3 is 10.1 Å². The first-order chi connectivity index (χ1) is 12.9. The van der Waals surface area contributed by atoms with Crippen LogP contribution in [0.3, 0.4) is 0 Å². The number of nitrogens with zero attached hydrogens (tertiary/aromatic N) is 1. The quantitative estimate of drug-likeness (QED) is 0.714. The Hall–Kier alpha value is -2.38. The molecule has 0 radical (unpaired) electrons. The van der Waals surface area contributed by atoms with Gasteiger partial charge in [-0.1, -0.05) is 36.4 Å². The molecule has 1 amide bonds. The van der Waals surface area contributed by atoms with E-state index >= 15 is 0 Å². The second-order valence-corrected chi connectivity index (χ2v) is 8.32. The van der Waals surface area contributed by atoms with Crippen molar-refractivity contribution < 1.29 is 17.9 Å². The molecule has 0 aliphatic heterocycles. The van der Waals surface area contributed by atoms with Crippen LogP contribution in [0, 0.1) is 0 Å². The normalized spacial score (nSPS) is 12.6. The lowest BCUT2D eigenvalue weighted by Crippen LogP contribution is -2.30. The second-order valence-electron chi connectivity index (χ2n) is 6.27. The summed E-state index contributed by atoms with van der Waals surface area (Å²) in [6, 6.07) is 15.6. The fourth-order valence-corrected chi connectivity index (χ4v) is 4.00. The summed E-state index contributed by atoms with van der Waals surface area (Å²) >= 11 is 0. The van der Waals surface area contributed by atoms with E-state index in [0.717, 1.165) is 11.3 Å². The topological polar surface area (TPSA) is 75.7 Å². The van der Waals surface area contributed by atoms with E-state index in [4.69, 9.17) is 4.74 Å². The minimum absolute atomic E-state index is 0.126. The third-order valence-electron chi connectivity index (χ3n) is 4.31. The van der Waals surface area contributed by atoms with Crippen LogP contribution >= 0.6 is 0 Å². The highest BCUT2D eigenvalue weighted by Crippen LogP contribution is 2.24. The van der Waals surface area contributed by atoms with E-state index in [2.05, 4.69) is 5.32 Å². The maximum Gasteiger partial charge on any atom is 0.242 e. The molecule has 1 unspecified atom stereocenters. The number of para-hydroxylation sites is 1. The SMILES string of the molecule is COc1ccccc1C(C)NC(=O)CCCN(C)S(=O)(=O)c1ccccc1. The number of hydrogen-bond donors (Lipinski definition) is 1. The zero-order chi connectivity index (χ0) is 19.9. The molecule has 0 aromatic heterocycles. The number of methoxy groups -OCH3 is 1. The largest absolute Gasteiger partial charge is 0.496 e. The predicted octanol–water partition coefficient (Wildman–Crippen LogP) is 2.97. The smallest absolute Gasteiger partial charge is 0.242 e. The van der Waals surface area contributed by atoms with Crippen LogP contribution in [-0.4, -0.2) is 39.3 Å². The molecular weight excluding hydrogens is 364 g/mol. The van der Waals surface area contributed by atoms with Gasteiger partial charge in [-0.2, -0.15) is 0 Å². The van der Waals surface area contributed by atoms with E-state index in [-0.39, 0.29) is 29.8 Å². The third-order valence-corrected chi connectivity index (χ3v) is 6.18. The number of hydrogen-bond acceptors (Lipinski definition) is 4. The van der Waals surface area contributed by atoms with E-state index in [1.807, 2.05) is 31.2 Å². The zero-order valence-electron chi connectivity index (χ0n) is 15.9. The van der Waals surface area contributed by atoms with Gasteiger partial charge in [0.15, 0.2) is 0 Å². The van der Waals surface area contributed by atoms with E-state index < -0.39 is 10.0 Å². The van der Waals surface area contributed by atoms with Crippen molar-refractivity contribution >= 4 is 15.9 Å². The summed E-state index contributed by atoms with van der Waals surface area (Å²) in [6.07, 6.45) is 0.682. The Kier molecular flexibility index (Phi) is 7.38. The van der Waals surface area contributed by atoms with Crippen LogP contribution < -0.4 is 10.1 Å². The van der Waals surface area contributed by atoms with Gasteiger partial charge in [0.1, 0.15) is 5.75 Å². The predicted molar refractivity (Wildman–Crippen MR) is 105 cm³/mol. The maximum absolute atomic E-state index is 12.5. The van der Waals surface area contributed by atoms with Crippen molar-refractivity contribution in [3.8, 4) is 5.75 Å². The monoisotopic (exact) mass is 390 g/mol. The Morgan fingerprint density at radius 2 is 1.74 bits per heavy atom. The van der Waals surface area contributed by atoms with Gasteiger partial charge in [0.05, 0.1) is 18.0 Å². The molecule has 6 nitrogen and oxygen atoms in total. The highest BCUT2D eigenvalue weighted by molar-refractivity contribution is 7.89. The van der Waals surface area contributed by atoms with Crippen molar-refractivity contribution in [2.75, 3.05) is 20.7 Å². The number of rotatable bonds is 9.